The van der Waals surface area contributed by atoms with Crippen LogP contribution < -0.4 is 14.9 Å². The van der Waals surface area contributed by atoms with E-state index in [1.165, 1.54) is 12.1 Å². The highest BCUT2D eigenvalue weighted by molar-refractivity contribution is 5.92. The van der Waals surface area contributed by atoms with Crippen molar-refractivity contribution in [2.24, 2.45) is 0 Å². The van der Waals surface area contributed by atoms with Crippen molar-refractivity contribution in [1.29, 1.82) is 0 Å². The van der Waals surface area contributed by atoms with Crippen LogP contribution in [0, 0.1) is 0 Å². The van der Waals surface area contributed by atoms with Crippen molar-refractivity contribution in [3.63, 3.8) is 0 Å². The Bertz CT molecular complexity index is 1380. The Hall–Kier alpha value is -3.61. The Balaban J connectivity index is 1.76. The summed E-state index contributed by atoms with van der Waals surface area (Å²) >= 11 is 0. The van der Waals surface area contributed by atoms with Crippen molar-refractivity contribution in [1.82, 2.24) is 0 Å². The van der Waals surface area contributed by atoms with Gasteiger partial charge in [0, 0.05) is 17.7 Å². The lowest BCUT2D eigenvalue weighted by Gasteiger charge is -2.34. The first-order chi connectivity index (χ1) is 15.0. The van der Waals surface area contributed by atoms with E-state index in [0.717, 1.165) is 0 Å². The summed E-state index contributed by atoms with van der Waals surface area (Å²) in [5.41, 5.74) is -0.146. The first-order valence-electron chi connectivity index (χ1n) is 10.4. The normalized spacial score (nSPS) is 17.9. The van der Waals surface area contributed by atoms with Crippen molar-refractivity contribution in [2.75, 3.05) is 0 Å². The molecular formula is C25H24O7. The molecular weight excluding hydrogens is 412 g/mol. The van der Waals surface area contributed by atoms with Crippen LogP contribution in [0.5, 0.6) is 28.7 Å². The fourth-order valence-corrected chi connectivity index (χ4v) is 4.25. The highest BCUT2D eigenvalue weighted by atomic mass is 16.5. The average molecular weight is 436 g/mol. The van der Waals surface area contributed by atoms with Crippen molar-refractivity contribution in [3.8, 4) is 40.1 Å². The van der Waals surface area contributed by atoms with E-state index in [0.29, 0.717) is 41.0 Å². The molecule has 0 aliphatic carbocycles. The number of hydrogen-bond acceptors (Lipinski definition) is 7. The van der Waals surface area contributed by atoms with Gasteiger partial charge in [0.05, 0.1) is 11.1 Å². The van der Waals surface area contributed by atoms with Gasteiger partial charge < -0.3 is 29.2 Å². The summed E-state index contributed by atoms with van der Waals surface area (Å²) in [5, 5.41) is 31.4. The summed E-state index contributed by atoms with van der Waals surface area (Å²) in [6.45, 7) is 7.62. The molecule has 0 unspecified atom stereocenters. The van der Waals surface area contributed by atoms with Gasteiger partial charge in [0.15, 0.2) is 16.9 Å². The van der Waals surface area contributed by atoms with E-state index in [4.69, 9.17) is 13.9 Å². The lowest BCUT2D eigenvalue weighted by atomic mass is 9.91. The number of hydrogen-bond donors (Lipinski definition) is 3. The standard InChI is InChI=1S/C25H24O7/c1-24(2)7-5-12-18(31-24)11-19-20(22(12)29)15(26)10-17(30-19)14-9-16(27)21(28)13-6-8-25(3,4)32-23(13)14/h5,7,9-11,27-29H,6,8H2,1-4H3. The van der Waals surface area contributed by atoms with Gasteiger partial charge in [-0.3, -0.25) is 4.79 Å². The van der Waals surface area contributed by atoms with E-state index in [9.17, 15) is 20.1 Å². The van der Waals surface area contributed by atoms with Crippen LogP contribution in [0.4, 0.5) is 0 Å². The zero-order valence-electron chi connectivity index (χ0n) is 18.3. The van der Waals surface area contributed by atoms with E-state index in [-0.39, 0.29) is 34.0 Å². The molecule has 0 spiro atoms. The lowest BCUT2D eigenvalue weighted by Crippen LogP contribution is -2.32. The number of benzene rings is 2. The minimum atomic E-state index is -0.577. The first kappa shape index (κ1) is 20.3. The Morgan fingerprint density at radius 3 is 2.47 bits per heavy atom. The first-order valence-corrected chi connectivity index (χ1v) is 10.4. The number of fused-ring (bicyclic) bond motifs is 3. The summed E-state index contributed by atoms with van der Waals surface area (Å²) < 4.78 is 18.1. The topological polar surface area (TPSA) is 109 Å². The molecule has 0 fully saturated rings. The molecule has 0 atom stereocenters. The van der Waals surface area contributed by atoms with E-state index in [1.54, 1.807) is 12.1 Å². The minimum Gasteiger partial charge on any atom is -0.506 e. The molecule has 1 aromatic heterocycles. The number of rotatable bonds is 1. The molecule has 7 nitrogen and oxygen atoms in total. The van der Waals surface area contributed by atoms with Gasteiger partial charge in [-0.05, 0) is 58.8 Å². The maximum atomic E-state index is 13.0. The van der Waals surface area contributed by atoms with E-state index in [1.807, 2.05) is 33.8 Å². The molecule has 166 valence electrons. The SMILES string of the molecule is CC1(C)C=Cc2c(cc3oc(-c4cc(O)c(O)c5c4OC(C)(C)CC5)cc(=O)c3c2O)O1. The highest BCUT2D eigenvalue weighted by Crippen LogP contribution is 2.49. The van der Waals surface area contributed by atoms with Crippen LogP contribution in [-0.4, -0.2) is 26.5 Å². The average Bonchev–Trinajstić information content (AvgIpc) is 2.68. The molecule has 0 radical (unpaired) electrons. The number of phenolic OH excluding ortho intramolecular Hbond substituents is 3. The molecule has 0 saturated heterocycles. The van der Waals surface area contributed by atoms with Crippen molar-refractivity contribution in [2.45, 2.75) is 51.7 Å². The molecule has 0 bridgehead atoms. The van der Waals surface area contributed by atoms with Crippen LogP contribution in [0.25, 0.3) is 28.4 Å². The monoisotopic (exact) mass is 436 g/mol. The van der Waals surface area contributed by atoms with Gasteiger partial charge in [0.1, 0.15) is 45.2 Å². The van der Waals surface area contributed by atoms with Crippen LogP contribution >= 0.6 is 0 Å². The third kappa shape index (κ3) is 3.07. The molecule has 2 aromatic carbocycles. The van der Waals surface area contributed by atoms with Gasteiger partial charge in [-0.1, -0.05) is 0 Å². The second-order valence-electron chi connectivity index (χ2n) is 9.49. The summed E-state index contributed by atoms with van der Waals surface area (Å²) in [6, 6.07) is 4.15. The Morgan fingerprint density at radius 1 is 0.969 bits per heavy atom. The van der Waals surface area contributed by atoms with Crippen molar-refractivity contribution in [3.05, 3.63) is 45.6 Å². The number of phenols is 3. The number of aromatic hydroxyl groups is 3. The molecule has 2 aliphatic rings. The van der Waals surface area contributed by atoms with Gasteiger partial charge in [-0.15, -0.1) is 0 Å². The Kier molecular flexibility index (Phi) is 4.09. The molecule has 3 heterocycles. The van der Waals surface area contributed by atoms with Gasteiger partial charge >= 0.3 is 0 Å². The largest absolute Gasteiger partial charge is 0.506 e. The van der Waals surface area contributed by atoms with Crippen molar-refractivity contribution >= 4 is 17.0 Å². The predicted molar refractivity (Wildman–Crippen MR) is 120 cm³/mol. The molecule has 0 amide bonds. The molecule has 7 heteroatoms. The summed E-state index contributed by atoms with van der Waals surface area (Å²) in [4.78, 5) is 13.0. The van der Waals surface area contributed by atoms with E-state index < -0.39 is 16.6 Å². The maximum Gasteiger partial charge on any atom is 0.197 e. The molecule has 3 aromatic rings. The van der Waals surface area contributed by atoms with Crippen LogP contribution in [-0.2, 0) is 6.42 Å². The summed E-state index contributed by atoms with van der Waals surface area (Å²) in [5.74, 6) is 0.136. The maximum absolute atomic E-state index is 13.0. The van der Waals surface area contributed by atoms with Gasteiger partial charge in [0.25, 0.3) is 0 Å². The van der Waals surface area contributed by atoms with E-state index in [2.05, 4.69) is 0 Å². The Labute approximate surface area is 184 Å². The zero-order valence-corrected chi connectivity index (χ0v) is 18.3. The molecule has 2 aliphatic heterocycles. The van der Waals surface area contributed by atoms with Crippen LogP contribution in [0.15, 0.2) is 33.5 Å². The predicted octanol–water partition coefficient (Wildman–Crippen LogP) is 4.86. The van der Waals surface area contributed by atoms with Crippen molar-refractivity contribution < 1.29 is 29.2 Å². The van der Waals surface area contributed by atoms with Crippen LogP contribution in [0.1, 0.15) is 45.2 Å². The van der Waals surface area contributed by atoms with E-state index >= 15 is 0 Å². The minimum absolute atomic E-state index is 0.0403. The molecule has 5 rings (SSSR count). The van der Waals surface area contributed by atoms with Crippen LogP contribution in [0.2, 0.25) is 0 Å². The number of ether oxygens (including phenoxy) is 2. The smallest absolute Gasteiger partial charge is 0.197 e. The van der Waals surface area contributed by atoms with Gasteiger partial charge in [-0.25, -0.2) is 0 Å². The second kappa shape index (κ2) is 6.45. The molecule has 32 heavy (non-hydrogen) atoms. The zero-order chi connectivity index (χ0) is 23.0. The fourth-order valence-electron chi connectivity index (χ4n) is 4.25. The third-order valence-corrected chi connectivity index (χ3v) is 5.97. The second-order valence-corrected chi connectivity index (χ2v) is 9.49. The summed E-state index contributed by atoms with van der Waals surface area (Å²) in [6.07, 6.45) is 4.68. The van der Waals surface area contributed by atoms with Gasteiger partial charge in [0.2, 0.25) is 0 Å². The summed E-state index contributed by atoms with van der Waals surface area (Å²) in [7, 11) is 0. The fraction of sp³-hybridized carbons (Fsp3) is 0.320. The van der Waals surface area contributed by atoms with Gasteiger partial charge in [-0.2, -0.15) is 0 Å². The van der Waals surface area contributed by atoms with Crippen LogP contribution in [0.3, 0.4) is 0 Å². The lowest BCUT2D eigenvalue weighted by molar-refractivity contribution is 0.0840. The molecule has 3 N–H and O–H groups in total. The third-order valence-electron chi connectivity index (χ3n) is 5.97. The Morgan fingerprint density at radius 2 is 1.72 bits per heavy atom. The molecule has 0 saturated carbocycles. The quantitative estimate of drug-likeness (QED) is 0.467. The highest BCUT2D eigenvalue weighted by Gasteiger charge is 2.33.